The minimum atomic E-state index is -0.287. The van der Waals surface area contributed by atoms with Gasteiger partial charge in [-0.2, -0.15) is 0 Å². The number of rotatable bonds is 3. The zero-order valence-electron chi connectivity index (χ0n) is 11.6. The van der Waals surface area contributed by atoms with Crippen molar-refractivity contribution < 1.29 is 9.90 Å². The van der Waals surface area contributed by atoms with Gasteiger partial charge in [0, 0.05) is 38.1 Å². The topological polar surface area (TPSA) is 43.8 Å². The Hall–Kier alpha value is -0.610. The molecule has 1 unspecified atom stereocenters. The minimum absolute atomic E-state index is 0.230. The normalized spacial score (nSPS) is 20.4. The number of carbonyl (C=O) groups is 1. The number of aliphatic hydroxyl groups excluding tert-OH is 1. The molecule has 17 heavy (non-hydrogen) atoms. The molecule has 0 saturated carbocycles. The maximum absolute atomic E-state index is 12.1. The smallest absolute Gasteiger partial charge is 0.228 e. The van der Waals surface area contributed by atoms with Crippen LogP contribution in [0.2, 0.25) is 0 Å². The third-order valence-corrected chi connectivity index (χ3v) is 3.24. The predicted molar refractivity (Wildman–Crippen MR) is 68.8 cm³/mol. The van der Waals surface area contributed by atoms with Crippen LogP contribution < -0.4 is 0 Å². The van der Waals surface area contributed by atoms with Crippen molar-refractivity contribution in [3.63, 3.8) is 0 Å². The van der Waals surface area contributed by atoms with E-state index in [1.165, 1.54) is 0 Å². The van der Waals surface area contributed by atoms with Crippen LogP contribution in [-0.2, 0) is 4.79 Å². The first-order chi connectivity index (χ1) is 7.84. The number of nitrogens with zero attached hydrogens (tertiary/aromatic N) is 2. The van der Waals surface area contributed by atoms with Crippen molar-refractivity contribution in [2.45, 2.75) is 40.2 Å². The summed E-state index contributed by atoms with van der Waals surface area (Å²) in [5.74, 6) is 0.230. The van der Waals surface area contributed by atoms with Crippen molar-refractivity contribution in [1.29, 1.82) is 0 Å². The molecule has 0 aromatic carbocycles. The fraction of sp³-hybridized carbons (Fsp3) is 0.923. The lowest BCUT2D eigenvalue weighted by molar-refractivity contribution is -0.141. The van der Waals surface area contributed by atoms with Gasteiger partial charge in [-0.15, -0.1) is 0 Å². The molecule has 0 spiro atoms. The van der Waals surface area contributed by atoms with E-state index in [0.29, 0.717) is 0 Å². The van der Waals surface area contributed by atoms with Crippen LogP contribution in [0.1, 0.15) is 34.1 Å². The highest BCUT2D eigenvalue weighted by Gasteiger charge is 2.29. The molecule has 1 aliphatic heterocycles. The van der Waals surface area contributed by atoms with Crippen LogP contribution in [0.5, 0.6) is 0 Å². The molecule has 0 aromatic heterocycles. The third-order valence-electron chi connectivity index (χ3n) is 3.24. The van der Waals surface area contributed by atoms with E-state index < -0.39 is 0 Å². The fourth-order valence-corrected chi connectivity index (χ4v) is 2.04. The second kappa shape index (κ2) is 5.83. The maximum Gasteiger partial charge on any atom is 0.228 e. The predicted octanol–water partition coefficient (Wildman–Crippen LogP) is 0.948. The molecule has 1 atom stereocenters. The highest BCUT2D eigenvalue weighted by atomic mass is 16.3. The van der Waals surface area contributed by atoms with Crippen molar-refractivity contribution in [3.05, 3.63) is 0 Å². The molecule has 1 saturated heterocycles. The second-order valence-corrected chi connectivity index (χ2v) is 5.90. The molecule has 1 rings (SSSR count). The molecule has 1 heterocycles. The van der Waals surface area contributed by atoms with Gasteiger partial charge >= 0.3 is 0 Å². The van der Waals surface area contributed by atoms with E-state index in [2.05, 4.69) is 4.90 Å². The molecule has 0 bridgehead atoms. The first kappa shape index (κ1) is 14.5. The average Bonchev–Trinajstić information content (AvgIpc) is 2.27. The van der Waals surface area contributed by atoms with Crippen LogP contribution in [0.15, 0.2) is 0 Å². The van der Waals surface area contributed by atoms with Crippen LogP contribution in [0, 0.1) is 5.41 Å². The van der Waals surface area contributed by atoms with Gasteiger partial charge in [0.25, 0.3) is 0 Å². The van der Waals surface area contributed by atoms with Crippen LogP contribution in [0.4, 0.5) is 0 Å². The van der Waals surface area contributed by atoms with E-state index in [-0.39, 0.29) is 17.4 Å². The first-order valence-electron chi connectivity index (χ1n) is 6.54. The summed E-state index contributed by atoms with van der Waals surface area (Å²) in [6, 6.07) is 0. The molecular formula is C13H26N2O2. The molecule has 1 amide bonds. The number of amides is 1. The molecule has 1 aliphatic rings. The van der Waals surface area contributed by atoms with Gasteiger partial charge in [0.15, 0.2) is 0 Å². The molecular weight excluding hydrogens is 216 g/mol. The Balaban J connectivity index is 2.38. The van der Waals surface area contributed by atoms with E-state index in [0.717, 1.165) is 39.1 Å². The van der Waals surface area contributed by atoms with Crippen molar-refractivity contribution >= 4 is 5.91 Å². The molecule has 1 N–H and O–H groups in total. The van der Waals surface area contributed by atoms with E-state index in [1.54, 1.807) is 0 Å². The summed E-state index contributed by atoms with van der Waals surface area (Å²) in [7, 11) is 0. The number of carbonyl (C=O) groups excluding carboxylic acids is 1. The van der Waals surface area contributed by atoms with Crippen LogP contribution in [-0.4, -0.2) is 59.6 Å². The molecule has 4 heteroatoms. The molecule has 1 fully saturated rings. The summed E-state index contributed by atoms with van der Waals surface area (Å²) in [6.45, 7) is 11.9. The van der Waals surface area contributed by atoms with Crippen molar-refractivity contribution in [2.75, 3.05) is 32.7 Å². The SMILES string of the molecule is CCC(O)CN1CCN(C(=O)C(C)(C)C)CC1. The Morgan fingerprint density at radius 1 is 1.24 bits per heavy atom. The minimum Gasteiger partial charge on any atom is -0.392 e. The van der Waals surface area contributed by atoms with Crippen molar-refractivity contribution in [3.8, 4) is 0 Å². The van der Waals surface area contributed by atoms with Crippen molar-refractivity contribution in [2.24, 2.45) is 5.41 Å². The van der Waals surface area contributed by atoms with Crippen LogP contribution in [0.25, 0.3) is 0 Å². The summed E-state index contributed by atoms with van der Waals surface area (Å²) in [6.07, 6.45) is 0.557. The average molecular weight is 242 g/mol. The Morgan fingerprint density at radius 2 is 1.76 bits per heavy atom. The van der Waals surface area contributed by atoms with E-state index in [4.69, 9.17) is 0 Å². The number of β-amino-alcohol motifs (C(OH)–C–C–N with tert-alkyl or cyclic N) is 1. The van der Waals surface area contributed by atoms with Crippen LogP contribution in [0.3, 0.4) is 0 Å². The lowest BCUT2D eigenvalue weighted by Crippen LogP contribution is -2.52. The zero-order valence-corrected chi connectivity index (χ0v) is 11.6. The van der Waals surface area contributed by atoms with Gasteiger partial charge in [-0.3, -0.25) is 9.69 Å². The zero-order chi connectivity index (χ0) is 13.1. The number of hydrogen-bond acceptors (Lipinski definition) is 3. The summed E-state index contributed by atoms with van der Waals surface area (Å²) in [4.78, 5) is 16.2. The lowest BCUT2D eigenvalue weighted by atomic mass is 9.94. The summed E-state index contributed by atoms with van der Waals surface area (Å²) in [5, 5.41) is 9.59. The van der Waals surface area contributed by atoms with Gasteiger partial charge in [0.2, 0.25) is 5.91 Å². The van der Waals surface area contributed by atoms with Gasteiger partial charge < -0.3 is 10.0 Å². The van der Waals surface area contributed by atoms with Gasteiger partial charge in [-0.1, -0.05) is 27.7 Å². The number of piperazine rings is 1. The van der Waals surface area contributed by atoms with E-state index in [9.17, 15) is 9.90 Å². The van der Waals surface area contributed by atoms with Gasteiger partial charge in [0.05, 0.1) is 6.10 Å². The summed E-state index contributed by atoms with van der Waals surface area (Å²) < 4.78 is 0. The Bertz CT molecular complexity index is 253. The van der Waals surface area contributed by atoms with E-state index >= 15 is 0 Å². The standard InChI is InChI=1S/C13H26N2O2/c1-5-11(16)10-14-6-8-15(9-7-14)12(17)13(2,3)4/h11,16H,5-10H2,1-4H3. The van der Waals surface area contributed by atoms with E-state index in [1.807, 2.05) is 32.6 Å². The third kappa shape index (κ3) is 4.28. The molecule has 4 nitrogen and oxygen atoms in total. The van der Waals surface area contributed by atoms with Crippen LogP contribution >= 0.6 is 0 Å². The number of aliphatic hydroxyl groups is 1. The summed E-state index contributed by atoms with van der Waals surface area (Å²) >= 11 is 0. The highest BCUT2D eigenvalue weighted by Crippen LogP contribution is 2.18. The summed E-state index contributed by atoms with van der Waals surface area (Å²) in [5.41, 5.74) is -0.287. The Labute approximate surface area is 105 Å². The lowest BCUT2D eigenvalue weighted by Gasteiger charge is -2.38. The largest absolute Gasteiger partial charge is 0.392 e. The highest BCUT2D eigenvalue weighted by molar-refractivity contribution is 5.81. The number of hydrogen-bond donors (Lipinski definition) is 1. The Kier molecular flexibility index (Phi) is 4.95. The second-order valence-electron chi connectivity index (χ2n) is 5.90. The molecule has 0 aliphatic carbocycles. The molecule has 0 radical (unpaired) electrons. The molecule has 0 aromatic rings. The first-order valence-corrected chi connectivity index (χ1v) is 6.54. The van der Waals surface area contributed by atoms with Crippen molar-refractivity contribution in [1.82, 2.24) is 9.80 Å². The quantitative estimate of drug-likeness (QED) is 0.801. The maximum atomic E-state index is 12.1. The molecule has 100 valence electrons. The van der Waals surface area contributed by atoms with Gasteiger partial charge in [-0.25, -0.2) is 0 Å². The monoisotopic (exact) mass is 242 g/mol. The van der Waals surface area contributed by atoms with Gasteiger partial charge in [0.1, 0.15) is 0 Å². The Morgan fingerprint density at radius 3 is 2.18 bits per heavy atom. The fourth-order valence-electron chi connectivity index (χ4n) is 2.04. The van der Waals surface area contributed by atoms with Gasteiger partial charge in [-0.05, 0) is 6.42 Å².